The van der Waals surface area contributed by atoms with Crippen molar-refractivity contribution >= 4 is 29.1 Å². The molecule has 1 aromatic heterocycles. The Bertz CT molecular complexity index is 685. The van der Waals surface area contributed by atoms with Crippen LogP contribution in [0.15, 0.2) is 5.38 Å². The highest BCUT2D eigenvalue weighted by Gasteiger charge is 2.62. The Kier molecular flexibility index (Phi) is 3.32. The zero-order valence-electron chi connectivity index (χ0n) is 13.0. The molecule has 0 radical (unpaired) electrons. The van der Waals surface area contributed by atoms with Crippen molar-refractivity contribution in [2.75, 3.05) is 0 Å². The topological polar surface area (TPSA) is 75.7 Å². The molecule has 0 saturated carbocycles. The fraction of sp³-hybridized carbons (Fsp3) is 0.562. The highest BCUT2D eigenvalue weighted by Crippen LogP contribution is 2.48. The van der Waals surface area contributed by atoms with Crippen molar-refractivity contribution < 1.29 is 19.1 Å². The quantitative estimate of drug-likeness (QED) is 0.849. The molecule has 3 saturated heterocycles. The normalized spacial score (nSPS) is 31.8. The van der Waals surface area contributed by atoms with Gasteiger partial charge in [0.25, 0.3) is 17.7 Å². The first-order valence-electron chi connectivity index (χ1n) is 7.94. The number of thiophene rings is 1. The lowest BCUT2D eigenvalue weighted by molar-refractivity contribution is -0.145. The van der Waals surface area contributed by atoms with Crippen molar-refractivity contribution in [2.45, 2.75) is 45.3 Å². The smallest absolute Gasteiger partial charge is 0.271 e. The van der Waals surface area contributed by atoms with E-state index >= 15 is 0 Å². The maximum atomic E-state index is 12.5. The van der Waals surface area contributed by atoms with Gasteiger partial charge in [-0.25, -0.2) is 0 Å². The maximum absolute atomic E-state index is 12.5. The van der Waals surface area contributed by atoms with Crippen LogP contribution in [0.2, 0.25) is 0 Å². The van der Waals surface area contributed by atoms with Gasteiger partial charge in [-0.1, -0.05) is 6.92 Å². The van der Waals surface area contributed by atoms with Crippen LogP contribution in [0.5, 0.6) is 0 Å². The van der Waals surface area contributed by atoms with Crippen molar-refractivity contribution in [3.8, 4) is 0 Å². The van der Waals surface area contributed by atoms with E-state index in [9.17, 15) is 14.4 Å². The van der Waals surface area contributed by atoms with Gasteiger partial charge in [-0.3, -0.25) is 19.8 Å². The van der Waals surface area contributed by atoms with Gasteiger partial charge in [-0.15, -0.1) is 11.3 Å². The van der Waals surface area contributed by atoms with Crippen LogP contribution in [-0.4, -0.2) is 34.9 Å². The van der Waals surface area contributed by atoms with Crippen LogP contribution in [-0.2, 0) is 20.7 Å². The number of hydrogen-bond acceptors (Lipinski definition) is 5. The average Bonchev–Trinajstić information content (AvgIpc) is 3.27. The first kappa shape index (κ1) is 14.8. The predicted molar refractivity (Wildman–Crippen MR) is 82.6 cm³/mol. The Morgan fingerprint density at radius 1 is 1.30 bits per heavy atom. The Morgan fingerprint density at radius 3 is 2.48 bits per heavy atom. The molecular weight excluding hydrogens is 316 g/mol. The summed E-state index contributed by atoms with van der Waals surface area (Å²) in [6.45, 7) is 3.95. The minimum absolute atomic E-state index is 0.169. The first-order chi connectivity index (χ1) is 11.0. The van der Waals surface area contributed by atoms with Gasteiger partial charge >= 0.3 is 0 Å². The van der Waals surface area contributed by atoms with Crippen LogP contribution >= 0.6 is 11.3 Å². The molecule has 0 spiro atoms. The van der Waals surface area contributed by atoms with Crippen molar-refractivity contribution in [3.63, 3.8) is 0 Å². The van der Waals surface area contributed by atoms with E-state index in [-0.39, 0.29) is 29.9 Å². The molecule has 4 heterocycles. The fourth-order valence-corrected chi connectivity index (χ4v) is 5.03. The Hall–Kier alpha value is -1.73. The number of nitrogens with zero attached hydrogens (tertiary/aromatic N) is 1. The Labute approximate surface area is 137 Å². The second-order valence-electron chi connectivity index (χ2n) is 6.33. The van der Waals surface area contributed by atoms with E-state index in [1.165, 1.54) is 11.3 Å². The number of fused-ring (bicyclic) bond motifs is 5. The highest BCUT2D eigenvalue weighted by atomic mass is 32.1. The van der Waals surface area contributed by atoms with Crippen LogP contribution in [0.1, 0.15) is 40.6 Å². The summed E-state index contributed by atoms with van der Waals surface area (Å²) in [7, 11) is 0. The molecule has 2 bridgehead atoms. The lowest BCUT2D eigenvalue weighted by Gasteiger charge is -2.18. The SMILES string of the molecule is CCc1c(C(=O)NN2C(=O)[C@@H]3[C@@H](C2=O)[C@H]2CC[C@H]3O2)csc1C. The minimum Gasteiger partial charge on any atom is -0.373 e. The summed E-state index contributed by atoms with van der Waals surface area (Å²) in [5.41, 5.74) is 4.04. The van der Waals surface area contributed by atoms with Crippen molar-refractivity contribution in [1.82, 2.24) is 10.4 Å². The van der Waals surface area contributed by atoms with Gasteiger partial charge in [-0.2, -0.15) is 5.01 Å². The number of ether oxygens (including phenoxy) is 1. The monoisotopic (exact) mass is 334 g/mol. The number of hydrazine groups is 1. The van der Waals surface area contributed by atoms with Gasteiger partial charge in [0.05, 0.1) is 29.6 Å². The van der Waals surface area contributed by atoms with E-state index < -0.39 is 11.8 Å². The van der Waals surface area contributed by atoms with E-state index in [1.807, 2.05) is 13.8 Å². The van der Waals surface area contributed by atoms with Crippen molar-refractivity contribution in [3.05, 3.63) is 21.4 Å². The molecule has 3 aliphatic rings. The zero-order valence-corrected chi connectivity index (χ0v) is 13.8. The maximum Gasteiger partial charge on any atom is 0.271 e. The molecule has 6 nitrogen and oxygen atoms in total. The van der Waals surface area contributed by atoms with Crippen LogP contribution in [0.3, 0.4) is 0 Å². The molecule has 0 aromatic carbocycles. The molecule has 3 amide bonds. The third-order valence-electron chi connectivity index (χ3n) is 5.20. The molecule has 4 rings (SSSR count). The van der Waals surface area contributed by atoms with Gasteiger partial charge in [0.2, 0.25) is 0 Å². The molecule has 7 heteroatoms. The molecular formula is C16H18N2O4S. The molecule has 23 heavy (non-hydrogen) atoms. The minimum atomic E-state index is -0.420. The first-order valence-corrected chi connectivity index (χ1v) is 8.82. The summed E-state index contributed by atoms with van der Waals surface area (Å²) >= 11 is 1.50. The van der Waals surface area contributed by atoms with Gasteiger partial charge in [0.1, 0.15) is 0 Å². The Morgan fingerprint density at radius 2 is 1.91 bits per heavy atom. The van der Waals surface area contributed by atoms with E-state index in [2.05, 4.69) is 5.43 Å². The molecule has 0 aliphatic carbocycles. The third kappa shape index (κ3) is 1.99. The van der Waals surface area contributed by atoms with E-state index in [4.69, 9.17) is 4.74 Å². The van der Waals surface area contributed by atoms with Gasteiger partial charge in [-0.05, 0) is 31.7 Å². The van der Waals surface area contributed by atoms with Crippen molar-refractivity contribution in [1.29, 1.82) is 0 Å². The largest absolute Gasteiger partial charge is 0.373 e. The second kappa shape index (κ2) is 5.14. The van der Waals surface area contributed by atoms with Gasteiger partial charge in [0, 0.05) is 10.3 Å². The predicted octanol–water partition coefficient (Wildman–Crippen LogP) is 1.43. The van der Waals surface area contributed by atoms with E-state index in [1.54, 1.807) is 5.38 Å². The van der Waals surface area contributed by atoms with Crippen molar-refractivity contribution in [2.24, 2.45) is 11.8 Å². The summed E-state index contributed by atoms with van der Waals surface area (Å²) in [6.07, 6.45) is 2.03. The number of carbonyl (C=O) groups excluding carboxylic acids is 3. The number of imide groups is 1. The fourth-order valence-electron chi connectivity index (χ4n) is 4.09. The highest BCUT2D eigenvalue weighted by molar-refractivity contribution is 7.10. The third-order valence-corrected chi connectivity index (χ3v) is 6.15. The van der Waals surface area contributed by atoms with Crippen LogP contribution in [0.4, 0.5) is 0 Å². The summed E-state index contributed by atoms with van der Waals surface area (Å²) in [5, 5.41) is 2.71. The second-order valence-corrected chi connectivity index (χ2v) is 7.42. The lowest BCUT2D eigenvalue weighted by Crippen LogP contribution is -2.48. The number of aryl methyl sites for hydroxylation is 1. The van der Waals surface area contributed by atoms with Crippen LogP contribution < -0.4 is 5.43 Å². The van der Waals surface area contributed by atoms with E-state index in [0.29, 0.717) is 5.56 Å². The molecule has 0 unspecified atom stereocenters. The molecule has 122 valence electrons. The molecule has 4 atom stereocenters. The molecule has 1 N–H and O–H groups in total. The zero-order chi connectivity index (χ0) is 16.3. The van der Waals surface area contributed by atoms with Gasteiger partial charge < -0.3 is 4.74 Å². The summed E-state index contributed by atoms with van der Waals surface area (Å²) in [5.74, 6) is -1.88. The molecule has 1 aromatic rings. The summed E-state index contributed by atoms with van der Waals surface area (Å²) in [4.78, 5) is 38.6. The molecule has 3 fully saturated rings. The standard InChI is InChI=1S/C16H18N2O4S/c1-3-8-7(2)23-6-9(8)14(19)17-18-15(20)12-10-4-5-11(22-10)13(12)16(18)21/h6,10-13H,3-5H2,1-2H3,(H,17,19)/t10-,11-,12+,13+/m1/s1. The van der Waals surface area contributed by atoms with Crippen LogP contribution in [0, 0.1) is 18.8 Å². The van der Waals surface area contributed by atoms with Crippen LogP contribution in [0.25, 0.3) is 0 Å². The lowest BCUT2D eigenvalue weighted by atomic mass is 9.81. The Balaban J connectivity index is 1.56. The number of hydrogen-bond donors (Lipinski definition) is 1. The van der Waals surface area contributed by atoms with E-state index in [0.717, 1.165) is 34.7 Å². The number of rotatable bonds is 3. The summed E-state index contributed by atoms with van der Waals surface area (Å²) < 4.78 is 5.68. The summed E-state index contributed by atoms with van der Waals surface area (Å²) in [6, 6.07) is 0. The number of carbonyl (C=O) groups is 3. The number of nitrogens with one attached hydrogen (secondary N) is 1. The average molecular weight is 334 g/mol. The molecule has 3 aliphatic heterocycles. The number of amides is 3. The van der Waals surface area contributed by atoms with Gasteiger partial charge in [0.15, 0.2) is 0 Å².